The zero-order valence-corrected chi connectivity index (χ0v) is 11.6. The van der Waals surface area contributed by atoms with E-state index in [4.69, 9.17) is 0 Å². The summed E-state index contributed by atoms with van der Waals surface area (Å²) in [6.07, 6.45) is 12.1. The minimum Gasteiger partial charge on any atom is -0.390 e. The first-order valence-electron chi connectivity index (χ1n) is 7.43. The predicted octanol–water partition coefficient (Wildman–Crippen LogP) is 2.39. The molecule has 19 heavy (non-hydrogen) atoms. The van der Waals surface area contributed by atoms with E-state index in [0.717, 1.165) is 38.0 Å². The van der Waals surface area contributed by atoms with Crippen LogP contribution in [0.4, 0.5) is 5.82 Å². The van der Waals surface area contributed by atoms with Crippen LogP contribution in [-0.2, 0) is 0 Å². The van der Waals surface area contributed by atoms with Gasteiger partial charge in [-0.2, -0.15) is 0 Å². The van der Waals surface area contributed by atoms with Gasteiger partial charge >= 0.3 is 0 Å². The highest BCUT2D eigenvalue weighted by atomic mass is 16.3. The molecule has 4 nitrogen and oxygen atoms in total. The van der Waals surface area contributed by atoms with Gasteiger partial charge in [-0.25, -0.2) is 4.98 Å². The fourth-order valence-electron chi connectivity index (χ4n) is 3.89. The number of hydrogen-bond donors (Lipinski definition) is 1. The van der Waals surface area contributed by atoms with Crippen molar-refractivity contribution in [2.24, 2.45) is 5.92 Å². The second-order valence-corrected chi connectivity index (χ2v) is 6.18. The van der Waals surface area contributed by atoms with Crippen LogP contribution < -0.4 is 4.90 Å². The Kier molecular flexibility index (Phi) is 3.44. The highest BCUT2D eigenvalue weighted by Crippen LogP contribution is 2.41. The van der Waals surface area contributed by atoms with Crippen LogP contribution in [0.15, 0.2) is 18.6 Å². The molecule has 1 aliphatic carbocycles. The molecule has 1 aromatic rings. The van der Waals surface area contributed by atoms with E-state index in [-0.39, 0.29) is 0 Å². The minimum atomic E-state index is -0.520. The summed E-state index contributed by atoms with van der Waals surface area (Å²) >= 11 is 0. The molecule has 4 heteroatoms. The van der Waals surface area contributed by atoms with Crippen LogP contribution in [-0.4, -0.2) is 33.3 Å². The molecule has 1 saturated carbocycles. The molecule has 3 atom stereocenters. The lowest BCUT2D eigenvalue weighted by atomic mass is 9.72. The average Bonchev–Trinajstić information content (AvgIpc) is 2.88. The van der Waals surface area contributed by atoms with Crippen molar-refractivity contribution >= 4 is 5.82 Å². The SMILES string of the molecule is C[C@]1(O)CCCC[C@H]1[C@H]1CCCN1c1cnccn1. The number of nitrogens with zero attached hydrogens (tertiary/aromatic N) is 3. The Morgan fingerprint density at radius 1 is 1.26 bits per heavy atom. The fraction of sp³-hybridized carbons (Fsp3) is 0.733. The topological polar surface area (TPSA) is 49.2 Å². The molecule has 2 fully saturated rings. The molecular formula is C15H23N3O. The second kappa shape index (κ2) is 5.08. The first kappa shape index (κ1) is 12.9. The maximum Gasteiger partial charge on any atom is 0.147 e. The maximum absolute atomic E-state index is 10.7. The van der Waals surface area contributed by atoms with Gasteiger partial charge in [0.05, 0.1) is 11.8 Å². The van der Waals surface area contributed by atoms with E-state index in [0.29, 0.717) is 12.0 Å². The van der Waals surface area contributed by atoms with Crippen molar-refractivity contribution in [2.75, 3.05) is 11.4 Å². The van der Waals surface area contributed by atoms with Gasteiger partial charge in [0.1, 0.15) is 5.82 Å². The molecule has 0 unspecified atom stereocenters. The Morgan fingerprint density at radius 2 is 2.16 bits per heavy atom. The lowest BCUT2D eigenvalue weighted by Crippen LogP contribution is -2.49. The van der Waals surface area contributed by atoms with Crippen molar-refractivity contribution in [2.45, 2.75) is 57.1 Å². The number of aromatic nitrogens is 2. The third-order valence-corrected chi connectivity index (χ3v) is 4.85. The maximum atomic E-state index is 10.7. The number of rotatable bonds is 2. The van der Waals surface area contributed by atoms with Crippen LogP contribution in [0.3, 0.4) is 0 Å². The van der Waals surface area contributed by atoms with Gasteiger partial charge in [0.25, 0.3) is 0 Å². The monoisotopic (exact) mass is 261 g/mol. The standard InChI is InChI=1S/C15H23N3O/c1-15(19)7-3-2-5-12(15)13-6-4-10-18(13)14-11-16-8-9-17-14/h8-9,11-13,19H,2-7,10H2,1H3/t12-,13+,15-/m0/s1. The summed E-state index contributed by atoms with van der Waals surface area (Å²) in [7, 11) is 0. The lowest BCUT2D eigenvalue weighted by Gasteiger charge is -2.43. The lowest BCUT2D eigenvalue weighted by molar-refractivity contribution is -0.0411. The van der Waals surface area contributed by atoms with Crippen LogP contribution in [0.1, 0.15) is 45.4 Å². The minimum absolute atomic E-state index is 0.366. The van der Waals surface area contributed by atoms with E-state index < -0.39 is 5.60 Å². The van der Waals surface area contributed by atoms with Gasteiger partial charge in [-0.05, 0) is 32.6 Å². The van der Waals surface area contributed by atoms with Crippen LogP contribution >= 0.6 is 0 Å². The van der Waals surface area contributed by atoms with E-state index in [1.54, 1.807) is 12.4 Å². The molecule has 1 aromatic heterocycles. The van der Waals surface area contributed by atoms with Crippen molar-refractivity contribution < 1.29 is 5.11 Å². The molecule has 1 aliphatic heterocycles. The highest BCUT2D eigenvalue weighted by molar-refractivity contribution is 5.39. The first-order valence-corrected chi connectivity index (χ1v) is 7.43. The molecule has 2 aliphatic rings. The molecule has 1 saturated heterocycles. The fourth-order valence-corrected chi connectivity index (χ4v) is 3.89. The van der Waals surface area contributed by atoms with E-state index in [1.165, 1.54) is 12.8 Å². The number of aliphatic hydroxyl groups is 1. The number of anilines is 1. The van der Waals surface area contributed by atoms with Gasteiger partial charge in [-0.3, -0.25) is 4.98 Å². The zero-order valence-electron chi connectivity index (χ0n) is 11.6. The Morgan fingerprint density at radius 3 is 2.89 bits per heavy atom. The second-order valence-electron chi connectivity index (χ2n) is 6.18. The van der Waals surface area contributed by atoms with Crippen molar-refractivity contribution in [1.29, 1.82) is 0 Å². The van der Waals surface area contributed by atoms with Gasteiger partial charge in [0.15, 0.2) is 0 Å². The summed E-state index contributed by atoms with van der Waals surface area (Å²) < 4.78 is 0. The quantitative estimate of drug-likeness (QED) is 0.888. The first-order chi connectivity index (χ1) is 9.18. The smallest absolute Gasteiger partial charge is 0.147 e. The molecule has 3 rings (SSSR count). The number of hydrogen-bond acceptors (Lipinski definition) is 4. The Balaban J connectivity index is 1.83. The molecule has 104 valence electrons. The van der Waals surface area contributed by atoms with Crippen LogP contribution in [0, 0.1) is 5.92 Å². The van der Waals surface area contributed by atoms with Gasteiger partial charge < -0.3 is 10.0 Å². The van der Waals surface area contributed by atoms with Gasteiger partial charge in [0.2, 0.25) is 0 Å². The van der Waals surface area contributed by atoms with Gasteiger partial charge in [0, 0.05) is 30.9 Å². The summed E-state index contributed by atoms with van der Waals surface area (Å²) in [6.45, 7) is 3.06. The van der Waals surface area contributed by atoms with Crippen LogP contribution in [0.25, 0.3) is 0 Å². The van der Waals surface area contributed by atoms with E-state index in [2.05, 4.69) is 14.9 Å². The molecular weight excluding hydrogens is 238 g/mol. The third-order valence-electron chi connectivity index (χ3n) is 4.85. The summed E-state index contributed by atoms with van der Waals surface area (Å²) in [4.78, 5) is 11.0. The van der Waals surface area contributed by atoms with Crippen LogP contribution in [0.2, 0.25) is 0 Å². The predicted molar refractivity (Wildman–Crippen MR) is 75.0 cm³/mol. The van der Waals surface area contributed by atoms with Crippen molar-refractivity contribution in [3.63, 3.8) is 0 Å². The Labute approximate surface area is 114 Å². The van der Waals surface area contributed by atoms with E-state index in [1.807, 2.05) is 13.1 Å². The van der Waals surface area contributed by atoms with E-state index >= 15 is 0 Å². The molecule has 1 N–H and O–H groups in total. The highest BCUT2D eigenvalue weighted by Gasteiger charge is 2.43. The molecule has 0 spiro atoms. The van der Waals surface area contributed by atoms with E-state index in [9.17, 15) is 5.11 Å². The van der Waals surface area contributed by atoms with Crippen molar-refractivity contribution in [3.8, 4) is 0 Å². The summed E-state index contributed by atoms with van der Waals surface area (Å²) in [5, 5.41) is 10.7. The normalized spacial score (nSPS) is 35.6. The van der Waals surface area contributed by atoms with Crippen molar-refractivity contribution in [3.05, 3.63) is 18.6 Å². The zero-order chi connectivity index (χ0) is 13.3. The third kappa shape index (κ3) is 2.46. The van der Waals surface area contributed by atoms with Crippen LogP contribution in [0.5, 0.6) is 0 Å². The Hall–Kier alpha value is -1.16. The Bertz CT molecular complexity index is 421. The summed E-state index contributed by atoms with van der Waals surface area (Å²) in [5.41, 5.74) is -0.520. The largest absolute Gasteiger partial charge is 0.390 e. The molecule has 0 radical (unpaired) electrons. The average molecular weight is 261 g/mol. The molecule has 0 amide bonds. The van der Waals surface area contributed by atoms with Gasteiger partial charge in [-0.1, -0.05) is 12.8 Å². The van der Waals surface area contributed by atoms with Crippen molar-refractivity contribution in [1.82, 2.24) is 9.97 Å². The molecule has 0 aromatic carbocycles. The summed E-state index contributed by atoms with van der Waals surface area (Å²) in [6, 6.07) is 0.423. The molecule has 2 heterocycles. The summed E-state index contributed by atoms with van der Waals surface area (Å²) in [5.74, 6) is 1.33. The molecule has 0 bridgehead atoms. The van der Waals surface area contributed by atoms with Gasteiger partial charge in [-0.15, -0.1) is 0 Å².